The first-order valence-electron chi connectivity index (χ1n) is 8.89. The summed E-state index contributed by atoms with van der Waals surface area (Å²) in [7, 11) is 0. The third kappa shape index (κ3) is 3.46. The van der Waals surface area contributed by atoms with E-state index in [1.54, 1.807) is 0 Å². The third-order valence-electron chi connectivity index (χ3n) is 5.08. The normalized spacial score (nSPS) is 22.9. The fourth-order valence-corrected chi connectivity index (χ4v) is 3.64. The van der Waals surface area contributed by atoms with Crippen LogP contribution in [-0.4, -0.2) is 41.4 Å². The van der Waals surface area contributed by atoms with Crippen molar-refractivity contribution >= 4 is 5.84 Å². The molecule has 160 valence electrons. The van der Waals surface area contributed by atoms with Gasteiger partial charge in [0.15, 0.2) is 0 Å². The van der Waals surface area contributed by atoms with Gasteiger partial charge in [-0.3, -0.25) is 4.98 Å². The largest absolute Gasteiger partial charge is 0.378 e. The van der Waals surface area contributed by atoms with Crippen molar-refractivity contribution in [3.63, 3.8) is 0 Å². The van der Waals surface area contributed by atoms with Gasteiger partial charge in [-0.15, -0.1) is 0 Å². The summed E-state index contributed by atoms with van der Waals surface area (Å²) in [5.74, 6) is -7.81. The number of rotatable bonds is 3. The Morgan fingerprint density at radius 2 is 1.73 bits per heavy atom. The molecule has 1 fully saturated rings. The Morgan fingerprint density at radius 1 is 1.03 bits per heavy atom. The number of alkyl halides is 3. The highest BCUT2D eigenvalue weighted by Gasteiger charge is 2.49. The van der Waals surface area contributed by atoms with Gasteiger partial charge in [-0.05, 0) is 6.07 Å². The molecule has 1 saturated heterocycles. The van der Waals surface area contributed by atoms with E-state index in [1.165, 1.54) is 4.90 Å². The molecular weight excluding hydrogens is 419 g/mol. The molecule has 1 aromatic carbocycles. The highest BCUT2D eigenvalue weighted by atomic mass is 19.3. The van der Waals surface area contributed by atoms with Crippen molar-refractivity contribution in [1.29, 1.82) is 0 Å². The van der Waals surface area contributed by atoms with Gasteiger partial charge in [-0.1, -0.05) is 5.16 Å². The minimum atomic E-state index is -2.94. The van der Waals surface area contributed by atoms with E-state index < -0.39 is 65.6 Å². The summed E-state index contributed by atoms with van der Waals surface area (Å²) in [4.78, 5) is 10.2. The molecule has 4 nitrogen and oxygen atoms in total. The van der Waals surface area contributed by atoms with Gasteiger partial charge < -0.3 is 9.74 Å². The van der Waals surface area contributed by atoms with Crippen LogP contribution < -0.4 is 0 Å². The first-order chi connectivity index (χ1) is 14.1. The lowest BCUT2D eigenvalue weighted by Crippen LogP contribution is -2.36. The zero-order valence-corrected chi connectivity index (χ0v) is 15.2. The summed E-state index contributed by atoms with van der Waals surface area (Å²) in [6.45, 7) is -1.97. The van der Waals surface area contributed by atoms with Gasteiger partial charge in [-0.2, -0.15) is 0 Å². The molecule has 0 aliphatic carbocycles. The molecule has 1 aromatic heterocycles. The minimum Gasteiger partial charge on any atom is -0.378 e. The SMILES string of the molecule is FCC1(c2ncc(F)cc2-c2c(F)cc(F)cc2F)CC(N2CCC(F)(F)C2)=NO1. The van der Waals surface area contributed by atoms with Crippen molar-refractivity contribution in [2.45, 2.75) is 24.4 Å². The van der Waals surface area contributed by atoms with Crippen LogP contribution in [0.15, 0.2) is 29.6 Å². The zero-order valence-electron chi connectivity index (χ0n) is 15.2. The van der Waals surface area contributed by atoms with Crippen molar-refractivity contribution in [1.82, 2.24) is 9.88 Å². The summed E-state index contributed by atoms with van der Waals surface area (Å²) in [6, 6.07) is 1.49. The summed E-state index contributed by atoms with van der Waals surface area (Å²) < 4.78 is 97.1. The number of likely N-dealkylation sites (tertiary alicyclic amines) is 1. The average Bonchev–Trinajstić information content (AvgIpc) is 3.25. The second-order valence-corrected chi connectivity index (χ2v) is 7.23. The van der Waals surface area contributed by atoms with Gasteiger partial charge in [0.2, 0.25) is 5.60 Å². The van der Waals surface area contributed by atoms with Gasteiger partial charge in [-0.25, -0.2) is 30.7 Å². The highest BCUT2D eigenvalue weighted by molar-refractivity contribution is 5.85. The number of aromatic nitrogens is 1. The summed E-state index contributed by atoms with van der Waals surface area (Å²) in [5, 5.41) is 3.69. The minimum absolute atomic E-state index is 0.0157. The van der Waals surface area contributed by atoms with Crippen LogP contribution in [0.4, 0.5) is 30.7 Å². The Morgan fingerprint density at radius 3 is 2.33 bits per heavy atom. The van der Waals surface area contributed by atoms with Crippen molar-refractivity contribution < 1.29 is 35.6 Å². The fraction of sp³-hybridized carbons (Fsp3) is 0.368. The number of nitrogens with zero attached hydrogens (tertiary/aromatic N) is 3. The molecule has 30 heavy (non-hydrogen) atoms. The third-order valence-corrected chi connectivity index (χ3v) is 5.08. The standard InChI is InChI=1S/C19H14F7N3O/c20-8-18(6-15(28-30-18)29-2-1-19(25,26)9-29)17-12(3-11(22)7-27-17)16-13(23)4-10(21)5-14(16)24/h3-5,7H,1-2,6,8-9H2. The van der Waals surface area contributed by atoms with E-state index >= 15 is 0 Å². The number of hydrogen-bond donors (Lipinski definition) is 0. The Kier molecular flexibility index (Phi) is 4.86. The second kappa shape index (κ2) is 7.13. The Bertz CT molecular complexity index is 1010. The van der Waals surface area contributed by atoms with Crippen molar-refractivity contribution in [2.75, 3.05) is 19.8 Å². The number of pyridine rings is 1. The van der Waals surface area contributed by atoms with Crippen LogP contribution >= 0.6 is 0 Å². The number of amidine groups is 1. The van der Waals surface area contributed by atoms with Crippen LogP contribution in [0.25, 0.3) is 11.1 Å². The van der Waals surface area contributed by atoms with Crippen LogP contribution in [0.2, 0.25) is 0 Å². The van der Waals surface area contributed by atoms with Gasteiger partial charge in [0.1, 0.15) is 35.8 Å². The molecule has 0 N–H and O–H groups in total. The van der Waals surface area contributed by atoms with Crippen LogP contribution in [0.1, 0.15) is 18.5 Å². The molecule has 0 saturated carbocycles. The van der Waals surface area contributed by atoms with Crippen LogP contribution in [0.5, 0.6) is 0 Å². The Hall–Kier alpha value is -2.85. The lowest BCUT2D eigenvalue weighted by molar-refractivity contribution is -0.0435. The summed E-state index contributed by atoms with van der Waals surface area (Å²) in [6.07, 6.45) is -0.0860. The van der Waals surface area contributed by atoms with Crippen LogP contribution in [-0.2, 0) is 10.4 Å². The molecular formula is C19H14F7N3O. The van der Waals surface area contributed by atoms with E-state index in [9.17, 15) is 30.7 Å². The number of oxime groups is 1. The summed E-state index contributed by atoms with van der Waals surface area (Å²) >= 11 is 0. The monoisotopic (exact) mass is 433 g/mol. The average molecular weight is 433 g/mol. The lowest BCUT2D eigenvalue weighted by atomic mass is 9.89. The molecule has 11 heteroatoms. The predicted molar refractivity (Wildman–Crippen MR) is 91.4 cm³/mol. The van der Waals surface area contributed by atoms with E-state index in [0.29, 0.717) is 24.4 Å². The van der Waals surface area contributed by atoms with E-state index in [2.05, 4.69) is 10.1 Å². The molecule has 0 bridgehead atoms. The predicted octanol–water partition coefficient (Wildman–Crippen LogP) is 4.54. The maximum absolute atomic E-state index is 14.3. The second-order valence-electron chi connectivity index (χ2n) is 7.23. The van der Waals surface area contributed by atoms with Gasteiger partial charge in [0.25, 0.3) is 5.92 Å². The van der Waals surface area contributed by atoms with Crippen molar-refractivity contribution in [2.24, 2.45) is 5.16 Å². The number of hydrogen-bond acceptors (Lipinski definition) is 4. The molecule has 1 atom stereocenters. The fourth-order valence-electron chi connectivity index (χ4n) is 3.64. The van der Waals surface area contributed by atoms with Crippen molar-refractivity contribution in [3.05, 3.63) is 53.4 Å². The van der Waals surface area contributed by atoms with E-state index in [1.807, 2.05) is 0 Å². The molecule has 0 spiro atoms. The molecule has 2 aromatic rings. The number of benzene rings is 1. The Labute approximate surface area is 165 Å². The van der Waals surface area contributed by atoms with Crippen LogP contribution in [0.3, 0.4) is 0 Å². The van der Waals surface area contributed by atoms with E-state index in [4.69, 9.17) is 4.84 Å². The van der Waals surface area contributed by atoms with Crippen molar-refractivity contribution in [3.8, 4) is 11.1 Å². The molecule has 3 heterocycles. The molecule has 2 aliphatic rings. The van der Waals surface area contributed by atoms with E-state index in [0.717, 1.165) is 0 Å². The molecule has 1 unspecified atom stereocenters. The smallest absolute Gasteiger partial charge is 0.266 e. The quantitative estimate of drug-likeness (QED) is 0.667. The summed E-state index contributed by atoms with van der Waals surface area (Å²) in [5.41, 5.74) is -3.72. The van der Waals surface area contributed by atoms with Gasteiger partial charge in [0, 0.05) is 30.7 Å². The molecule has 0 amide bonds. The first kappa shape index (κ1) is 20.4. The topological polar surface area (TPSA) is 37.7 Å². The lowest BCUT2D eigenvalue weighted by Gasteiger charge is -2.26. The molecule has 0 radical (unpaired) electrons. The number of halogens is 7. The highest BCUT2D eigenvalue weighted by Crippen LogP contribution is 2.42. The maximum atomic E-state index is 14.3. The maximum Gasteiger partial charge on any atom is 0.266 e. The zero-order chi connectivity index (χ0) is 21.7. The van der Waals surface area contributed by atoms with E-state index in [-0.39, 0.29) is 24.5 Å². The van der Waals surface area contributed by atoms with Gasteiger partial charge >= 0.3 is 0 Å². The molecule has 4 rings (SSSR count). The molecule has 2 aliphatic heterocycles. The first-order valence-corrected chi connectivity index (χ1v) is 8.89. The van der Waals surface area contributed by atoms with Gasteiger partial charge in [0.05, 0.1) is 30.4 Å². The van der Waals surface area contributed by atoms with Crippen LogP contribution in [0, 0.1) is 23.3 Å². The Balaban J connectivity index is 1.76.